The summed E-state index contributed by atoms with van der Waals surface area (Å²) in [6.45, 7) is 1.89. The standard InChI is InChI=1S/C15H13Br2NO3S/c1-10-3-5-12(6-4-10)22(19,20)18-9-11-7-13(16)15(21-2)14(17)8-11/h3-9H,1-2H3/b18-9-. The fourth-order valence-electron chi connectivity index (χ4n) is 1.75. The molecule has 0 amide bonds. The summed E-state index contributed by atoms with van der Waals surface area (Å²) in [5.41, 5.74) is 1.63. The summed E-state index contributed by atoms with van der Waals surface area (Å²) in [6, 6.07) is 10.0. The third-order valence-electron chi connectivity index (χ3n) is 2.88. The highest BCUT2D eigenvalue weighted by Crippen LogP contribution is 2.34. The molecule has 2 aromatic carbocycles. The Balaban J connectivity index is 2.33. The molecule has 0 fully saturated rings. The molecule has 0 saturated carbocycles. The Hall–Kier alpha value is -1.18. The lowest BCUT2D eigenvalue weighted by Gasteiger charge is -2.06. The first kappa shape index (κ1) is 17.2. The van der Waals surface area contributed by atoms with E-state index >= 15 is 0 Å². The van der Waals surface area contributed by atoms with Crippen molar-refractivity contribution in [1.82, 2.24) is 0 Å². The van der Waals surface area contributed by atoms with Gasteiger partial charge < -0.3 is 4.74 Å². The largest absolute Gasteiger partial charge is 0.494 e. The van der Waals surface area contributed by atoms with Gasteiger partial charge in [0.25, 0.3) is 10.0 Å². The molecule has 0 unspecified atom stereocenters. The summed E-state index contributed by atoms with van der Waals surface area (Å²) in [4.78, 5) is 0.168. The molecule has 0 aliphatic carbocycles. The Labute approximate surface area is 146 Å². The van der Waals surface area contributed by atoms with Gasteiger partial charge >= 0.3 is 0 Å². The summed E-state index contributed by atoms with van der Waals surface area (Å²) in [5, 5.41) is 0. The van der Waals surface area contributed by atoms with Crippen molar-refractivity contribution in [3.63, 3.8) is 0 Å². The predicted molar refractivity (Wildman–Crippen MR) is 94.4 cm³/mol. The van der Waals surface area contributed by atoms with E-state index in [1.54, 1.807) is 43.5 Å². The van der Waals surface area contributed by atoms with E-state index in [0.29, 0.717) is 20.3 Å². The van der Waals surface area contributed by atoms with Gasteiger partial charge in [0.05, 0.1) is 21.0 Å². The van der Waals surface area contributed by atoms with Gasteiger partial charge in [-0.05, 0) is 68.6 Å². The van der Waals surface area contributed by atoms with Gasteiger partial charge in [0.1, 0.15) is 5.75 Å². The molecule has 0 aromatic heterocycles. The molecule has 0 heterocycles. The Bertz CT molecular complexity index is 792. The van der Waals surface area contributed by atoms with E-state index in [0.717, 1.165) is 5.56 Å². The molecule has 7 heteroatoms. The van der Waals surface area contributed by atoms with E-state index in [1.165, 1.54) is 6.21 Å². The monoisotopic (exact) mass is 445 g/mol. The van der Waals surface area contributed by atoms with E-state index in [1.807, 2.05) is 6.92 Å². The summed E-state index contributed by atoms with van der Waals surface area (Å²) < 4.78 is 34.7. The lowest BCUT2D eigenvalue weighted by molar-refractivity contribution is 0.409. The van der Waals surface area contributed by atoms with Crippen molar-refractivity contribution in [2.75, 3.05) is 7.11 Å². The van der Waals surface area contributed by atoms with Crippen molar-refractivity contribution in [2.45, 2.75) is 11.8 Å². The molecule has 22 heavy (non-hydrogen) atoms. The Kier molecular flexibility index (Phi) is 5.41. The van der Waals surface area contributed by atoms with Gasteiger partial charge in [-0.2, -0.15) is 12.8 Å². The lowest BCUT2D eigenvalue weighted by Crippen LogP contribution is -1.98. The van der Waals surface area contributed by atoms with E-state index < -0.39 is 10.0 Å². The number of nitrogens with zero attached hydrogens (tertiary/aromatic N) is 1. The van der Waals surface area contributed by atoms with Crippen LogP contribution in [0, 0.1) is 6.92 Å². The van der Waals surface area contributed by atoms with Crippen LogP contribution in [0.4, 0.5) is 0 Å². The number of hydrogen-bond acceptors (Lipinski definition) is 3. The maximum atomic E-state index is 12.2. The minimum atomic E-state index is -3.71. The van der Waals surface area contributed by atoms with Gasteiger partial charge in [-0.1, -0.05) is 17.7 Å². The zero-order chi connectivity index (χ0) is 16.3. The average molecular weight is 447 g/mol. The minimum absolute atomic E-state index is 0.168. The maximum Gasteiger partial charge on any atom is 0.282 e. The first-order chi connectivity index (χ1) is 10.3. The van der Waals surface area contributed by atoms with E-state index in [2.05, 4.69) is 36.3 Å². The normalized spacial score (nSPS) is 11.8. The van der Waals surface area contributed by atoms with E-state index in [9.17, 15) is 8.42 Å². The van der Waals surface area contributed by atoms with Gasteiger partial charge in [0.15, 0.2) is 0 Å². The molecule has 0 spiro atoms. The van der Waals surface area contributed by atoms with Crippen molar-refractivity contribution in [2.24, 2.45) is 4.40 Å². The zero-order valence-corrected chi connectivity index (χ0v) is 15.9. The third-order valence-corrected chi connectivity index (χ3v) is 5.31. The van der Waals surface area contributed by atoms with Crippen molar-refractivity contribution in [1.29, 1.82) is 0 Å². The molecule has 4 nitrogen and oxygen atoms in total. The Morgan fingerprint density at radius 2 is 1.64 bits per heavy atom. The van der Waals surface area contributed by atoms with Gasteiger partial charge in [-0.25, -0.2) is 0 Å². The SMILES string of the molecule is COc1c(Br)cc(/C=N\S(=O)(=O)c2ccc(C)cc2)cc1Br. The average Bonchev–Trinajstić information content (AvgIpc) is 2.45. The molecule has 2 aromatic rings. The van der Waals surface area contributed by atoms with Crippen LogP contribution in [0.1, 0.15) is 11.1 Å². The summed E-state index contributed by atoms with van der Waals surface area (Å²) in [5.74, 6) is 0.638. The second-order valence-corrected chi connectivity index (χ2v) is 7.88. The summed E-state index contributed by atoms with van der Waals surface area (Å²) in [7, 11) is -2.15. The number of methoxy groups -OCH3 is 1. The quantitative estimate of drug-likeness (QED) is 0.656. The van der Waals surface area contributed by atoms with Crippen LogP contribution in [-0.4, -0.2) is 21.7 Å². The zero-order valence-electron chi connectivity index (χ0n) is 11.9. The molecule has 0 bridgehead atoms. The molecule has 0 radical (unpaired) electrons. The van der Waals surface area contributed by atoms with Crippen LogP contribution in [0.2, 0.25) is 0 Å². The first-order valence-corrected chi connectivity index (χ1v) is 9.26. The number of benzene rings is 2. The number of aryl methyl sites for hydroxylation is 1. The number of ether oxygens (including phenoxy) is 1. The fraction of sp³-hybridized carbons (Fsp3) is 0.133. The van der Waals surface area contributed by atoms with Crippen LogP contribution >= 0.6 is 31.9 Å². The van der Waals surface area contributed by atoms with Gasteiger partial charge in [-0.3, -0.25) is 0 Å². The highest BCUT2D eigenvalue weighted by Gasteiger charge is 2.12. The predicted octanol–water partition coefficient (Wildman–Crippen LogP) is 4.34. The van der Waals surface area contributed by atoms with Crippen LogP contribution < -0.4 is 4.74 Å². The molecule has 0 N–H and O–H groups in total. The Morgan fingerprint density at radius 1 is 1.09 bits per heavy atom. The molecule has 0 aliphatic heterocycles. The highest BCUT2D eigenvalue weighted by atomic mass is 79.9. The number of halogens is 2. The van der Waals surface area contributed by atoms with Crippen LogP contribution in [0.15, 0.2) is 54.6 Å². The minimum Gasteiger partial charge on any atom is -0.494 e. The second-order valence-electron chi connectivity index (χ2n) is 4.54. The van der Waals surface area contributed by atoms with Crippen molar-refractivity contribution >= 4 is 48.1 Å². The molecular weight excluding hydrogens is 434 g/mol. The third kappa shape index (κ3) is 3.97. The van der Waals surface area contributed by atoms with E-state index in [4.69, 9.17) is 4.74 Å². The summed E-state index contributed by atoms with van der Waals surface area (Å²) in [6.07, 6.45) is 1.31. The van der Waals surface area contributed by atoms with Crippen molar-refractivity contribution in [3.8, 4) is 5.75 Å². The lowest BCUT2D eigenvalue weighted by atomic mass is 10.2. The summed E-state index contributed by atoms with van der Waals surface area (Å²) >= 11 is 6.73. The van der Waals surface area contributed by atoms with Gasteiger partial charge in [-0.15, -0.1) is 0 Å². The van der Waals surface area contributed by atoms with Crippen molar-refractivity contribution in [3.05, 3.63) is 56.5 Å². The molecule has 116 valence electrons. The van der Waals surface area contributed by atoms with E-state index in [-0.39, 0.29) is 4.90 Å². The number of hydrogen-bond donors (Lipinski definition) is 0. The maximum absolute atomic E-state index is 12.2. The Morgan fingerprint density at radius 3 is 2.14 bits per heavy atom. The first-order valence-electron chi connectivity index (χ1n) is 6.23. The molecule has 0 saturated heterocycles. The number of rotatable bonds is 4. The van der Waals surface area contributed by atoms with Crippen LogP contribution in [-0.2, 0) is 10.0 Å². The smallest absolute Gasteiger partial charge is 0.282 e. The van der Waals surface area contributed by atoms with Crippen LogP contribution in [0.5, 0.6) is 5.75 Å². The second kappa shape index (κ2) is 6.93. The molecule has 2 rings (SSSR count). The highest BCUT2D eigenvalue weighted by molar-refractivity contribution is 9.11. The van der Waals surface area contributed by atoms with Crippen LogP contribution in [0.25, 0.3) is 0 Å². The van der Waals surface area contributed by atoms with Gasteiger partial charge in [0.2, 0.25) is 0 Å². The molecule has 0 aliphatic rings. The molecule has 0 atom stereocenters. The topological polar surface area (TPSA) is 55.7 Å². The van der Waals surface area contributed by atoms with Crippen LogP contribution in [0.3, 0.4) is 0 Å². The van der Waals surface area contributed by atoms with Gasteiger partial charge in [0, 0.05) is 6.21 Å². The molecular formula is C15H13Br2NO3S. The van der Waals surface area contributed by atoms with Crippen molar-refractivity contribution < 1.29 is 13.2 Å². The number of sulfonamides is 1. The fourth-order valence-corrected chi connectivity index (χ4v) is 4.16.